The number of benzene rings is 2. The second-order valence-electron chi connectivity index (χ2n) is 5.19. The van der Waals surface area contributed by atoms with Crippen LogP contribution in [0.3, 0.4) is 0 Å². The quantitative estimate of drug-likeness (QED) is 0.719. The monoisotopic (exact) mass is 382 g/mol. The molecule has 25 heavy (non-hydrogen) atoms. The van der Waals surface area contributed by atoms with Gasteiger partial charge in [0.25, 0.3) is 5.91 Å². The zero-order valence-electron chi connectivity index (χ0n) is 12.4. The minimum atomic E-state index is -0.991. The summed E-state index contributed by atoms with van der Waals surface area (Å²) in [5.74, 6) is -1.64. The van der Waals surface area contributed by atoms with Crippen LogP contribution in [0.5, 0.6) is 11.5 Å². The number of amides is 1. The normalized spacial score (nSPS) is 13.1. The van der Waals surface area contributed by atoms with Crippen LogP contribution >= 0.6 is 22.9 Å². The SMILES string of the molecule is O=C(Nc1nc2cc(F)c(F)cc2s1)c1cc(Cl)c2c(c1)OCCO2. The molecule has 0 atom stereocenters. The lowest BCUT2D eigenvalue weighted by Gasteiger charge is -2.20. The summed E-state index contributed by atoms with van der Waals surface area (Å²) in [7, 11) is 0. The third kappa shape index (κ3) is 2.98. The van der Waals surface area contributed by atoms with Crippen LogP contribution in [-0.2, 0) is 0 Å². The largest absolute Gasteiger partial charge is 0.486 e. The number of ether oxygens (including phenoxy) is 2. The number of carbonyl (C=O) groups is 1. The maximum atomic E-state index is 13.3. The van der Waals surface area contributed by atoms with E-state index in [2.05, 4.69) is 10.3 Å². The van der Waals surface area contributed by atoms with Crippen LogP contribution in [-0.4, -0.2) is 24.1 Å². The highest BCUT2D eigenvalue weighted by atomic mass is 35.5. The summed E-state index contributed by atoms with van der Waals surface area (Å²) in [6, 6.07) is 5.00. The first-order valence-electron chi connectivity index (χ1n) is 7.17. The average molecular weight is 383 g/mol. The molecule has 0 aliphatic carbocycles. The smallest absolute Gasteiger partial charge is 0.257 e. The molecule has 1 amide bonds. The zero-order valence-corrected chi connectivity index (χ0v) is 14.0. The lowest BCUT2D eigenvalue weighted by Crippen LogP contribution is -2.17. The molecule has 1 N–H and O–H groups in total. The first kappa shape index (κ1) is 16.0. The van der Waals surface area contributed by atoms with E-state index in [0.29, 0.717) is 29.4 Å². The molecule has 0 saturated heterocycles. The van der Waals surface area contributed by atoms with Gasteiger partial charge in [0.15, 0.2) is 28.3 Å². The second-order valence-corrected chi connectivity index (χ2v) is 6.63. The summed E-state index contributed by atoms with van der Waals surface area (Å²) in [6.07, 6.45) is 0. The van der Waals surface area contributed by atoms with Crippen molar-refractivity contribution < 1.29 is 23.0 Å². The van der Waals surface area contributed by atoms with Crippen molar-refractivity contribution in [1.29, 1.82) is 0 Å². The molecule has 1 aromatic heterocycles. The average Bonchev–Trinajstić information content (AvgIpc) is 2.96. The van der Waals surface area contributed by atoms with Crippen molar-refractivity contribution in [2.75, 3.05) is 18.5 Å². The van der Waals surface area contributed by atoms with Crippen LogP contribution in [0.15, 0.2) is 24.3 Å². The Bertz CT molecular complexity index is 970. The van der Waals surface area contributed by atoms with Gasteiger partial charge in [0, 0.05) is 11.6 Å². The minimum Gasteiger partial charge on any atom is -0.486 e. The molecule has 0 spiro atoms. The first-order chi connectivity index (χ1) is 12.0. The van der Waals surface area contributed by atoms with E-state index in [4.69, 9.17) is 21.1 Å². The van der Waals surface area contributed by atoms with E-state index in [-0.39, 0.29) is 21.2 Å². The number of rotatable bonds is 2. The fraction of sp³-hybridized carbons (Fsp3) is 0.125. The Morgan fingerprint density at radius 2 is 1.92 bits per heavy atom. The Morgan fingerprint density at radius 3 is 2.76 bits per heavy atom. The number of hydrogen-bond acceptors (Lipinski definition) is 5. The predicted octanol–water partition coefficient (Wildman–Crippen LogP) is 4.25. The van der Waals surface area contributed by atoms with Crippen molar-refractivity contribution in [3.8, 4) is 11.5 Å². The van der Waals surface area contributed by atoms with Crippen molar-refractivity contribution in [2.24, 2.45) is 0 Å². The van der Waals surface area contributed by atoms with E-state index in [1.54, 1.807) is 0 Å². The molecule has 0 bridgehead atoms. The van der Waals surface area contributed by atoms with Crippen molar-refractivity contribution in [3.63, 3.8) is 0 Å². The van der Waals surface area contributed by atoms with E-state index in [0.717, 1.165) is 23.5 Å². The lowest BCUT2D eigenvalue weighted by molar-refractivity contribution is 0.102. The molecule has 0 fully saturated rings. The van der Waals surface area contributed by atoms with Crippen LogP contribution in [0.1, 0.15) is 10.4 Å². The highest BCUT2D eigenvalue weighted by Crippen LogP contribution is 2.38. The van der Waals surface area contributed by atoms with Gasteiger partial charge in [0.2, 0.25) is 0 Å². The Kier molecular flexibility index (Phi) is 3.93. The third-order valence-electron chi connectivity index (χ3n) is 3.51. The van der Waals surface area contributed by atoms with Crippen LogP contribution < -0.4 is 14.8 Å². The summed E-state index contributed by atoms with van der Waals surface area (Å²) in [4.78, 5) is 16.5. The number of aromatic nitrogens is 1. The summed E-state index contributed by atoms with van der Waals surface area (Å²) < 4.78 is 37.8. The third-order valence-corrected chi connectivity index (χ3v) is 4.72. The van der Waals surface area contributed by atoms with E-state index < -0.39 is 17.5 Å². The highest BCUT2D eigenvalue weighted by Gasteiger charge is 2.20. The van der Waals surface area contributed by atoms with Crippen LogP contribution in [0.2, 0.25) is 5.02 Å². The number of halogens is 3. The van der Waals surface area contributed by atoms with Crippen LogP contribution in [0.25, 0.3) is 10.2 Å². The number of fused-ring (bicyclic) bond motifs is 2. The molecular formula is C16H9ClF2N2O3S. The summed E-state index contributed by atoms with van der Waals surface area (Å²) in [6.45, 7) is 0.750. The maximum Gasteiger partial charge on any atom is 0.257 e. The van der Waals surface area contributed by atoms with Crippen LogP contribution in [0.4, 0.5) is 13.9 Å². The van der Waals surface area contributed by atoms with Crippen molar-refractivity contribution in [2.45, 2.75) is 0 Å². The fourth-order valence-electron chi connectivity index (χ4n) is 2.39. The van der Waals surface area contributed by atoms with Gasteiger partial charge in [0.05, 0.1) is 15.2 Å². The van der Waals surface area contributed by atoms with Crippen molar-refractivity contribution in [1.82, 2.24) is 4.98 Å². The molecule has 4 rings (SSSR count). The van der Waals surface area contributed by atoms with Gasteiger partial charge in [-0.25, -0.2) is 13.8 Å². The van der Waals surface area contributed by atoms with Crippen molar-refractivity contribution >= 4 is 44.2 Å². The van der Waals surface area contributed by atoms with Crippen LogP contribution in [0, 0.1) is 11.6 Å². The van der Waals surface area contributed by atoms with Gasteiger partial charge >= 0.3 is 0 Å². The molecule has 9 heteroatoms. The second kappa shape index (κ2) is 6.12. The number of hydrogen-bond donors (Lipinski definition) is 1. The van der Waals surface area contributed by atoms with Gasteiger partial charge < -0.3 is 9.47 Å². The fourth-order valence-corrected chi connectivity index (χ4v) is 3.52. The first-order valence-corrected chi connectivity index (χ1v) is 8.37. The summed E-state index contributed by atoms with van der Waals surface area (Å²) in [5.41, 5.74) is 0.519. The molecule has 0 unspecified atom stereocenters. The highest BCUT2D eigenvalue weighted by molar-refractivity contribution is 7.22. The lowest BCUT2D eigenvalue weighted by atomic mass is 10.2. The van der Waals surface area contributed by atoms with Gasteiger partial charge in [-0.2, -0.15) is 0 Å². The van der Waals surface area contributed by atoms with Gasteiger partial charge in [-0.3, -0.25) is 10.1 Å². The Morgan fingerprint density at radius 1 is 1.16 bits per heavy atom. The van der Waals surface area contributed by atoms with Gasteiger partial charge in [-0.15, -0.1) is 0 Å². The Hall–Kier alpha value is -2.45. The van der Waals surface area contributed by atoms with E-state index in [9.17, 15) is 13.6 Å². The summed E-state index contributed by atoms with van der Waals surface area (Å²) >= 11 is 7.15. The molecular weight excluding hydrogens is 374 g/mol. The molecule has 0 radical (unpaired) electrons. The number of nitrogens with zero attached hydrogens (tertiary/aromatic N) is 1. The minimum absolute atomic E-state index is 0.219. The number of thiazole rings is 1. The predicted molar refractivity (Wildman–Crippen MR) is 89.9 cm³/mol. The molecule has 1 aliphatic heterocycles. The topological polar surface area (TPSA) is 60.5 Å². The Balaban J connectivity index is 1.63. The number of nitrogens with one attached hydrogen (secondary N) is 1. The van der Waals surface area contributed by atoms with Gasteiger partial charge in [-0.1, -0.05) is 22.9 Å². The van der Waals surface area contributed by atoms with E-state index >= 15 is 0 Å². The number of anilines is 1. The molecule has 5 nitrogen and oxygen atoms in total. The van der Waals surface area contributed by atoms with E-state index in [1.165, 1.54) is 12.1 Å². The molecule has 2 heterocycles. The molecule has 1 aliphatic rings. The summed E-state index contributed by atoms with van der Waals surface area (Å²) in [5, 5.41) is 3.07. The maximum absolute atomic E-state index is 13.3. The zero-order chi connectivity index (χ0) is 17.6. The Labute approximate surface area is 149 Å². The molecule has 3 aromatic rings. The van der Waals surface area contributed by atoms with Gasteiger partial charge in [0.1, 0.15) is 13.2 Å². The van der Waals surface area contributed by atoms with E-state index in [1.807, 2.05) is 0 Å². The standard InChI is InChI=1S/C16H9ClF2N2O3S/c17-8-3-7(4-12-14(8)24-2-1-23-12)15(22)21-16-20-11-5-9(18)10(19)6-13(11)25-16/h3-6H,1-2H2,(H,20,21,22). The van der Waals surface area contributed by atoms with Crippen molar-refractivity contribution in [3.05, 3.63) is 46.5 Å². The molecule has 128 valence electrons. The number of carbonyl (C=O) groups excluding carboxylic acids is 1. The van der Waals surface area contributed by atoms with Gasteiger partial charge in [-0.05, 0) is 18.2 Å². The molecule has 0 saturated carbocycles. The molecule has 2 aromatic carbocycles.